The predicted octanol–water partition coefficient (Wildman–Crippen LogP) is 4.99. The Labute approximate surface area is 123 Å². The topological polar surface area (TPSA) is 9.23 Å². The smallest absolute Gasteiger partial charge is 0.119 e. The number of hydrogen-bond donors (Lipinski definition) is 0. The lowest BCUT2D eigenvalue weighted by Crippen LogP contribution is -1.98. The van der Waals surface area contributed by atoms with E-state index in [9.17, 15) is 0 Å². The molecule has 0 aliphatic carbocycles. The molecular formula is C16H17ClOS. The average molecular weight is 293 g/mol. The zero-order valence-corrected chi connectivity index (χ0v) is 12.3. The van der Waals surface area contributed by atoms with Crippen LogP contribution in [-0.2, 0) is 5.88 Å². The van der Waals surface area contributed by atoms with E-state index in [0.717, 1.165) is 24.5 Å². The van der Waals surface area contributed by atoms with E-state index in [2.05, 4.69) is 24.3 Å². The van der Waals surface area contributed by atoms with Crippen LogP contribution < -0.4 is 4.74 Å². The molecule has 0 unspecified atom stereocenters. The Bertz CT molecular complexity index is 470. The van der Waals surface area contributed by atoms with Gasteiger partial charge >= 0.3 is 0 Å². The van der Waals surface area contributed by atoms with Gasteiger partial charge in [0, 0.05) is 16.5 Å². The second-order valence-electron chi connectivity index (χ2n) is 4.14. The van der Waals surface area contributed by atoms with Gasteiger partial charge in [-0.3, -0.25) is 0 Å². The minimum Gasteiger partial charge on any atom is -0.494 e. The summed E-state index contributed by atoms with van der Waals surface area (Å²) in [6.45, 7) is 0.761. The van der Waals surface area contributed by atoms with E-state index in [4.69, 9.17) is 16.3 Å². The van der Waals surface area contributed by atoms with Crippen molar-refractivity contribution in [2.24, 2.45) is 0 Å². The SMILES string of the molecule is ClCc1ccc(SCCCOc2ccccc2)cc1. The standard InChI is InChI=1S/C16H17ClOS/c17-13-14-7-9-16(10-8-14)19-12-4-11-18-15-5-2-1-3-6-15/h1-3,5-10H,4,11-13H2. The van der Waals surface area contributed by atoms with E-state index in [1.165, 1.54) is 10.5 Å². The maximum Gasteiger partial charge on any atom is 0.119 e. The maximum atomic E-state index is 5.76. The molecule has 0 aliphatic rings. The van der Waals surface area contributed by atoms with Gasteiger partial charge in [-0.15, -0.1) is 23.4 Å². The van der Waals surface area contributed by atoms with Crippen LogP contribution in [0.5, 0.6) is 5.75 Å². The summed E-state index contributed by atoms with van der Waals surface area (Å²) in [4.78, 5) is 1.29. The Morgan fingerprint density at radius 2 is 1.68 bits per heavy atom. The zero-order chi connectivity index (χ0) is 13.3. The van der Waals surface area contributed by atoms with Crippen LogP contribution in [0, 0.1) is 0 Å². The Kier molecular flexibility index (Phi) is 6.12. The largest absolute Gasteiger partial charge is 0.494 e. The summed E-state index contributed by atoms with van der Waals surface area (Å²) in [5.74, 6) is 2.59. The van der Waals surface area contributed by atoms with Crippen molar-refractivity contribution in [3.8, 4) is 5.75 Å². The highest BCUT2D eigenvalue weighted by molar-refractivity contribution is 7.99. The number of hydrogen-bond acceptors (Lipinski definition) is 2. The highest BCUT2D eigenvalue weighted by Gasteiger charge is 1.96. The first kappa shape index (κ1) is 14.3. The Morgan fingerprint density at radius 1 is 0.947 bits per heavy atom. The number of para-hydroxylation sites is 1. The molecule has 19 heavy (non-hydrogen) atoms. The average Bonchev–Trinajstić information content (AvgIpc) is 2.49. The highest BCUT2D eigenvalue weighted by Crippen LogP contribution is 2.20. The molecule has 0 bridgehead atoms. The van der Waals surface area contributed by atoms with Gasteiger partial charge in [0.2, 0.25) is 0 Å². The van der Waals surface area contributed by atoms with Gasteiger partial charge in [-0.25, -0.2) is 0 Å². The molecule has 2 aromatic carbocycles. The minimum atomic E-state index is 0.579. The first-order valence-corrected chi connectivity index (χ1v) is 7.86. The van der Waals surface area contributed by atoms with Crippen LogP contribution >= 0.6 is 23.4 Å². The number of rotatable bonds is 7. The monoisotopic (exact) mass is 292 g/mol. The molecule has 2 rings (SSSR count). The fraction of sp³-hybridized carbons (Fsp3) is 0.250. The molecule has 100 valence electrons. The van der Waals surface area contributed by atoms with Crippen molar-refractivity contribution in [2.75, 3.05) is 12.4 Å². The normalized spacial score (nSPS) is 10.4. The van der Waals surface area contributed by atoms with Gasteiger partial charge in [-0.2, -0.15) is 0 Å². The molecule has 0 aliphatic heterocycles. The highest BCUT2D eigenvalue weighted by atomic mass is 35.5. The summed E-state index contributed by atoms with van der Waals surface area (Å²) in [5.41, 5.74) is 1.17. The van der Waals surface area contributed by atoms with Crippen molar-refractivity contribution in [1.29, 1.82) is 0 Å². The van der Waals surface area contributed by atoms with Crippen molar-refractivity contribution in [2.45, 2.75) is 17.2 Å². The van der Waals surface area contributed by atoms with E-state index in [1.807, 2.05) is 42.1 Å². The number of ether oxygens (including phenoxy) is 1. The van der Waals surface area contributed by atoms with Gasteiger partial charge in [0.25, 0.3) is 0 Å². The molecule has 0 N–H and O–H groups in total. The third kappa shape index (κ3) is 5.17. The van der Waals surface area contributed by atoms with Crippen LogP contribution in [0.15, 0.2) is 59.5 Å². The predicted molar refractivity (Wildman–Crippen MR) is 83.3 cm³/mol. The van der Waals surface area contributed by atoms with Gasteiger partial charge < -0.3 is 4.74 Å². The van der Waals surface area contributed by atoms with E-state index >= 15 is 0 Å². The van der Waals surface area contributed by atoms with E-state index in [0.29, 0.717) is 5.88 Å². The fourth-order valence-corrected chi connectivity index (χ4v) is 2.64. The lowest BCUT2D eigenvalue weighted by Gasteiger charge is -2.06. The Morgan fingerprint density at radius 3 is 2.37 bits per heavy atom. The molecule has 0 aromatic heterocycles. The van der Waals surface area contributed by atoms with Gasteiger partial charge in [-0.1, -0.05) is 30.3 Å². The zero-order valence-electron chi connectivity index (χ0n) is 10.7. The minimum absolute atomic E-state index is 0.579. The molecule has 0 fully saturated rings. The Hall–Kier alpha value is -1.12. The molecule has 2 aromatic rings. The first-order valence-electron chi connectivity index (χ1n) is 6.34. The third-order valence-electron chi connectivity index (χ3n) is 2.65. The second-order valence-corrected chi connectivity index (χ2v) is 5.58. The second kappa shape index (κ2) is 8.13. The number of halogens is 1. The molecule has 0 amide bonds. The van der Waals surface area contributed by atoms with Crippen LogP contribution in [-0.4, -0.2) is 12.4 Å². The van der Waals surface area contributed by atoms with Crippen LogP contribution in [0.2, 0.25) is 0 Å². The van der Waals surface area contributed by atoms with Crippen LogP contribution in [0.1, 0.15) is 12.0 Å². The summed E-state index contributed by atoms with van der Waals surface area (Å²) in [7, 11) is 0. The van der Waals surface area contributed by atoms with Crippen molar-refractivity contribution in [1.82, 2.24) is 0 Å². The number of benzene rings is 2. The summed E-state index contributed by atoms with van der Waals surface area (Å²) in [6, 6.07) is 18.3. The van der Waals surface area contributed by atoms with Crippen molar-refractivity contribution >= 4 is 23.4 Å². The molecule has 0 heterocycles. The quantitative estimate of drug-likeness (QED) is 0.404. The fourth-order valence-electron chi connectivity index (χ4n) is 1.63. The molecular weight excluding hydrogens is 276 g/mol. The van der Waals surface area contributed by atoms with Crippen LogP contribution in [0.25, 0.3) is 0 Å². The van der Waals surface area contributed by atoms with Crippen molar-refractivity contribution in [3.63, 3.8) is 0 Å². The molecule has 0 spiro atoms. The lowest BCUT2D eigenvalue weighted by molar-refractivity contribution is 0.319. The van der Waals surface area contributed by atoms with E-state index in [-0.39, 0.29) is 0 Å². The number of alkyl halides is 1. The van der Waals surface area contributed by atoms with Gasteiger partial charge in [0.05, 0.1) is 6.61 Å². The first-order chi connectivity index (χ1) is 9.38. The van der Waals surface area contributed by atoms with E-state index < -0.39 is 0 Å². The van der Waals surface area contributed by atoms with Crippen LogP contribution in [0.4, 0.5) is 0 Å². The molecule has 1 nitrogen and oxygen atoms in total. The van der Waals surface area contributed by atoms with E-state index in [1.54, 1.807) is 0 Å². The summed E-state index contributed by atoms with van der Waals surface area (Å²) < 4.78 is 5.65. The lowest BCUT2D eigenvalue weighted by atomic mass is 10.2. The molecule has 0 saturated carbocycles. The van der Waals surface area contributed by atoms with Gasteiger partial charge in [0.15, 0.2) is 0 Å². The summed E-state index contributed by atoms with van der Waals surface area (Å²) in [5, 5.41) is 0. The van der Waals surface area contributed by atoms with Gasteiger partial charge in [0.1, 0.15) is 5.75 Å². The number of thioether (sulfide) groups is 1. The summed E-state index contributed by atoms with van der Waals surface area (Å²) >= 11 is 7.61. The van der Waals surface area contributed by atoms with Crippen LogP contribution in [0.3, 0.4) is 0 Å². The maximum absolute atomic E-state index is 5.76. The van der Waals surface area contributed by atoms with Gasteiger partial charge in [-0.05, 0) is 36.2 Å². The van der Waals surface area contributed by atoms with Crippen molar-refractivity contribution < 1.29 is 4.74 Å². The molecule has 3 heteroatoms. The third-order valence-corrected chi connectivity index (χ3v) is 4.05. The molecule has 0 atom stereocenters. The Balaban J connectivity index is 1.63. The molecule has 0 saturated heterocycles. The summed E-state index contributed by atoms with van der Waals surface area (Å²) in [6.07, 6.45) is 1.04. The molecule has 0 radical (unpaired) electrons. The van der Waals surface area contributed by atoms with Crippen molar-refractivity contribution in [3.05, 3.63) is 60.2 Å².